The largest absolute Gasteiger partial charge is 0.497 e. The molecule has 1 aliphatic carbocycles. The molecule has 0 bridgehead atoms. The average Bonchev–Trinajstić information content (AvgIpc) is 2.53. The van der Waals surface area contributed by atoms with E-state index in [1.54, 1.807) is 26.2 Å². The van der Waals surface area contributed by atoms with Crippen LogP contribution < -0.4 is 4.74 Å². The maximum absolute atomic E-state index is 14.1. The van der Waals surface area contributed by atoms with Gasteiger partial charge in [0.25, 0.3) is 0 Å². The second-order valence-electron chi connectivity index (χ2n) is 7.67. The van der Waals surface area contributed by atoms with Crippen LogP contribution >= 0.6 is 0 Å². The minimum atomic E-state index is -0.568. The minimum Gasteiger partial charge on any atom is -0.497 e. The summed E-state index contributed by atoms with van der Waals surface area (Å²) in [5.74, 6) is 0.199. The minimum absolute atomic E-state index is 0.113. The van der Waals surface area contributed by atoms with Gasteiger partial charge in [0.2, 0.25) is 6.29 Å². The first-order valence-electron chi connectivity index (χ1n) is 8.91. The molecule has 25 heavy (non-hydrogen) atoms. The summed E-state index contributed by atoms with van der Waals surface area (Å²) in [5, 5.41) is 0. The zero-order chi connectivity index (χ0) is 18.6. The Labute approximate surface area is 149 Å². The van der Waals surface area contributed by atoms with Crippen molar-refractivity contribution >= 4 is 5.97 Å². The molecule has 140 valence electrons. The molecule has 1 aliphatic rings. The summed E-state index contributed by atoms with van der Waals surface area (Å²) >= 11 is 0. The van der Waals surface area contributed by atoms with Crippen molar-refractivity contribution in [2.45, 2.75) is 71.2 Å². The second-order valence-corrected chi connectivity index (χ2v) is 7.67. The van der Waals surface area contributed by atoms with E-state index in [0.717, 1.165) is 12.8 Å². The zero-order valence-electron chi connectivity index (χ0n) is 15.8. The van der Waals surface area contributed by atoms with Gasteiger partial charge < -0.3 is 14.2 Å². The maximum atomic E-state index is 14.1. The van der Waals surface area contributed by atoms with Crippen LogP contribution in [-0.4, -0.2) is 25.0 Å². The molecule has 0 N–H and O–H groups in total. The molecule has 5 heteroatoms. The van der Waals surface area contributed by atoms with Crippen molar-refractivity contribution in [3.05, 3.63) is 29.6 Å². The average molecular weight is 352 g/mol. The lowest BCUT2D eigenvalue weighted by atomic mass is 9.78. The molecule has 1 aromatic carbocycles. The topological polar surface area (TPSA) is 44.8 Å². The lowest BCUT2D eigenvalue weighted by Crippen LogP contribution is -2.32. The van der Waals surface area contributed by atoms with E-state index in [0.29, 0.717) is 24.2 Å². The van der Waals surface area contributed by atoms with Crippen LogP contribution in [0.5, 0.6) is 5.75 Å². The SMILES string of the molecule is COc1ccc(F)c([C@H]2CC[C@H](C(=O)OC(C)OC(C)(C)C)CC2)c1. The van der Waals surface area contributed by atoms with E-state index in [1.165, 1.54) is 6.07 Å². The number of esters is 1. The first kappa shape index (κ1) is 19.7. The van der Waals surface area contributed by atoms with Gasteiger partial charge in [-0.15, -0.1) is 0 Å². The molecular formula is C20H29FO4. The molecule has 1 aromatic rings. The van der Waals surface area contributed by atoms with Crippen LogP contribution in [0.15, 0.2) is 18.2 Å². The third-order valence-corrected chi connectivity index (χ3v) is 4.51. The van der Waals surface area contributed by atoms with Gasteiger partial charge >= 0.3 is 5.97 Å². The first-order valence-corrected chi connectivity index (χ1v) is 8.91. The highest BCUT2D eigenvalue weighted by atomic mass is 19.1. The number of hydrogen-bond acceptors (Lipinski definition) is 4. The molecule has 0 amide bonds. The molecule has 0 aromatic heterocycles. The van der Waals surface area contributed by atoms with E-state index in [4.69, 9.17) is 14.2 Å². The molecular weight excluding hydrogens is 323 g/mol. The molecule has 0 spiro atoms. The van der Waals surface area contributed by atoms with Crippen LogP contribution in [0.3, 0.4) is 0 Å². The lowest BCUT2D eigenvalue weighted by molar-refractivity contribution is -0.201. The maximum Gasteiger partial charge on any atom is 0.311 e. The molecule has 0 aliphatic heterocycles. The van der Waals surface area contributed by atoms with Crippen molar-refractivity contribution < 1.29 is 23.4 Å². The number of carbonyl (C=O) groups is 1. The summed E-state index contributed by atoms with van der Waals surface area (Å²) in [6, 6.07) is 4.83. The van der Waals surface area contributed by atoms with Crippen molar-refractivity contribution in [3.63, 3.8) is 0 Å². The molecule has 1 atom stereocenters. The highest BCUT2D eigenvalue weighted by Gasteiger charge is 2.31. The van der Waals surface area contributed by atoms with Gasteiger partial charge in [0.15, 0.2) is 0 Å². The summed E-state index contributed by atoms with van der Waals surface area (Å²) in [4.78, 5) is 12.3. The van der Waals surface area contributed by atoms with Crippen molar-refractivity contribution in [1.29, 1.82) is 0 Å². The molecule has 0 heterocycles. The first-order chi connectivity index (χ1) is 11.7. The van der Waals surface area contributed by atoms with Gasteiger partial charge in [-0.2, -0.15) is 0 Å². The van der Waals surface area contributed by atoms with Gasteiger partial charge in [0.1, 0.15) is 11.6 Å². The molecule has 1 fully saturated rings. The van der Waals surface area contributed by atoms with Gasteiger partial charge in [-0.25, -0.2) is 4.39 Å². The van der Waals surface area contributed by atoms with E-state index in [9.17, 15) is 9.18 Å². The molecule has 0 radical (unpaired) electrons. The number of benzene rings is 1. The fraction of sp³-hybridized carbons (Fsp3) is 0.650. The number of methoxy groups -OCH3 is 1. The second kappa shape index (κ2) is 8.17. The van der Waals surface area contributed by atoms with Crippen LogP contribution in [0.25, 0.3) is 0 Å². The molecule has 1 saturated carbocycles. The summed E-state index contributed by atoms with van der Waals surface area (Å²) in [7, 11) is 1.57. The Bertz CT molecular complexity index is 586. The van der Waals surface area contributed by atoms with Crippen molar-refractivity contribution in [2.24, 2.45) is 5.92 Å². The Morgan fingerprint density at radius 2 is 1.84 bits per heavy atom. The van der Waals surface area contributed by atoms with E-state index < -0.39 is 6.29 Å². The van der Waals surface area contributed by atoms with Crippen LogP contribution in [0.2, 0.25) is 0 Å². The predicted octanol–water partition coefficient (Wildman–Crippen LogP) is 4.81. The molecule has 1 unspecified atom stereocenters. The quantitative estimate of drug-likeness (QED) is 0.563. The van der Waals surface area contributed by atoms with Gasteiger partial charge in [-0.3, -0.25) is 4.79 Å². The summed E-state index contributed by atoms with van der Waals surface area (Å²) in [6.45, 7) is 7.50. The Morgan fingerprint density at radius 1 is 1.20 bits per heavy atom. The number of rotatable bonds is 5. The number of carbonyl (C=O) groups excluding carboxylic acids is 1. The zero-order valence-corrected chi connectivity index (χ0v) is 15.8. The highest BCUT2D eigenvalue weighted by Crippen LogP contribution is 2.38. The molecule has 2 rings (SSSR count). The summed E-state index contributed by atoms with van der Waals surface area (Å²) in [6.07, 6.45) is 2.35. The summed E-state index contributed by atoms with van der Waals surface area (Å²) in [5.41, 5.74) is 0.317. The van der Waals surface area contributed by atoms with Crippen molar-refractivity contribution in [2.75, 3.05) is 7.11 Å². The monoisotopic (exact) mass is 352 g/mol. The highest BCUT2D eigenvalue weighted by molar-refractivity contribution is 5.72. The van der Waals surface area contributed by atoms with Gasteiger partial charge in [-0.05, 0) is 83.1 Å². The van der Waals surface area contributed by atoms with Crippen LogP contribution in [0, 0.1) is 11.7 Å². The Kier molecular flexibility index (Phi) is 6.44. The summed E-state index contributed by atoms with van der Waals surface area (Å²) < 4.78 is 30.3. The third kappa shape index (κ3) is 5.70. The number of halogens is 1. The fourth-order valence-electron chi connectivity index (χ4n) is 3.38. The number of ether oxygens (including phenoxy) is 3. The fourth-order valence-corrected chi connectivity index (χ4v) is 3.38. The number of hydrogen-bond donors (Lipinski definition) is 0. The Morgan fingerprint density at radius 3 is 2.40 bits per heavy atom. The standard InChI is InChI=1S/C20H29FO4/c1-13(25-20(2,3)4)24-19(22)15-8-6-14(7-9-15)17-12-16(23-5)10-11-18(17)21/h10-15H,6-9H2,1-5H3/t13?,14-,15-. The van der Waals surface area contributed by atoms with Crippen LogP contribution in [-0.2, 0) is 14.3 Å². The van der Waals surface area contributed by atoms with Crippen molar-refractivity contribution in [3.8, 4) is 5.75 Å². The molecule has 0 saturated heterocycles. The third-order valence-electron chi connectivity index (χ3n) is 4.51. The molecule has 4 nitrogen and oxygen atoms in total. The van der Waals surface area contributed by atoms with Gasteiger partial charge in [0, 0.05) is 0 Å². The van der Waals surface area contributed by atoms with Gasteiger partial charge in [0.05, 0.1) is 18.6 Å². The van der Waals surface area contributed by atoms with E-state index in [1.807, 2.05) is 20.8 Å². The van der Waals surface area contributed by atoms with E-state index in [2.05, 4.69) is 0 Å². The van der Waals surface area contributed by atoms with Gasteiger partial charge in [-0.1, -0.05) is 0 Å². The van der Waals surface area contributed by atoms with E-state index >= 15 is 0 Å². The van der Waals surface area contributed by atoms with E-state index in [-0.39, 0.29) is 29.2 Å². The predicted molar refractivity (Wildman–Crippen MR) is 94.0 cm³/mol. The normalized spacial score (nSPS) is 22.3. The lowest BCUT2D eigenvalue weighted by Gasteiger charge is -2.30. The van der Waals surface area contributed by atoms with Crippen molar-refractivity contribution in [1.82, 2.24) is 0 Å². The van der Waals surface area contributed by atoms with Crippen LogP contribution in [0.4, 0.5) is 4.39 Å². The Balaban J connectivity index is 1.90. The Hall–Kier alpha value is -1.62. The smallest absolute Gasteiger partial charge is 0.311 e. The van der Waals surface area contributed by atoms with Crippen LogP contribution in [0.1, 0.15) is 64.9 Å².